The second-order valence-electron chi connectivity index (χ2n) is 4.13. The van der Waals surface area contributed by atoms with Crippen LogP contribution in [0.3, 0.4) is 0 Å². The van der Waals surface area contributed by atoms with Crippen molar-refractivity contribution < 1.29 is 14.6 Å². The van der Waals surface area contributed by atoms with Crippen molar-refractivity contribution in [3.8, 4) is 23.1 Å². The van der Waals surface area contributed by atoms with Gasteiger partial charge in [0.15, 0.2) is 5.16 Å². The zero-order valence-corrected chi connectivity index (χ0v) is 12.5. The average molecular weight is 317 g/mol. The van der Waals surface area contributed by atoms with E-state index in [0.29, 0.717) is 10.7 Å². The van der Waals surface area contributed by atoms with Crippen LogP contribution >= 0.6 is 11.8 Å². The van der Waals surface area contributed by atoms with Crippen molar-refractivity contribution in [3.63, 3.8) is 0 Å². The van der Waals surface area contributed by atoms with Crippen LogP contribution in [-0.2, 0) is 0 Å². The first-order valence-corrected chi connectivity index (χ1v) is 7.24. The Morgan fingerprint density at radius 2 is 2.23 bits per heavy atom. The maximum absolute atomic E-state index is 11.9. The molecule has 0 saturated carbocycles. The Hall–Kier alpha value is -2.79. The molecule has 0 aliphatic heterocycles. The summed E-state index contributed by atoms with van der Waals surface area (Å²) in [6.07, 6.45) is 1.74. The molecule has 7 nitrogen and oxygen atoms in total. The van der Waals surface area contributed by atoms with Gasteiger partial charge in [-0.2, -0.15) is 5.26 Å². The standard InChI is InChI=1S/C14H11N3O4S/c1-21-10-5-7(3-4-8(10)13(19)20)11-9(6-15)12(18)17-14(16-11)22-2/h3-5H,1-2H3,(H,19,20)(H,16,17,18). The lowest BCUT2D eigenvalue weighted by Gasteiger charge is -2.09. The van der Waals surface area contributed by atoms with Crippen LogP contribution in [0.25, 0.3) is 11.3 Å². The van der Waals surface area contributed by atoms with E-state index in [1.54, 1.807) is 6.26 Å². The molecular weight excluding hydrogens is 306 g/mol. The summed E-state index contributed by atoms with van der Waals surface area (Å²) in [5, 5.41) is 18.6. The first-order valence-electron chi connectivity index (χ1n) is 6.02. The van der Waals surface area contributed by atoms with Gasteiger partial charge in [-0.05, 0) is 18.4 Å². The monoisotopic (exact) mass is 317 g/mol. The molecule has 0 aliphatic carbocycles. The lowest BCUT2D eigenvalue weighted by Crippen LogP contribution is -2.14. The van der Waals surface area contributed by atoms with E-state index in [-0.39, 0.29) is 22.6 Å². The maximum atomic E-state index is 11.9. The van der Waals surface area contributed by atoms with Crippen LogP contribution in [-0.4, -0.2) is 34.4 Å². The number of aromatic carboxylic acids is 1. The normalized spacial score (nSPS) is 10.0. The summed E-state index contributed by atoms with van der Waals surface area (Å²) in [7, 11) is 1.34. The number of carbonyl (C=O) groups is 1. The van der Waals surface area contributed by atoms with E-state index in [0.717, 1.165) is 0 Å². The minimum atomic E-state index is -1.13. The molecule has 112 valence electrons. The number of nitrogens with zero attached hydrogens (tertiary/aromatic N) is 2. The number of nitrogens with one attached hydrogen (secondary N) is 1. The van der Waals surface area contributed by atoms with Gasteiger partial charge in [-0.3, -0.25) is 4.79 Å². The molecular formula is C14H11N3O4S. The number of carboxylic acids is 1. The lowest BCUT2D eigenvalue weighted by molar-refractivity contribution is 0.0693. The number of hydrogen-bond acceptors (Lipinski definition) is 6. The fourth-order valence-corrected chi connectivity index (χ4v) is 2.25. The number of rotatable bonds is 4. The van der Waals surface area contributed by atoms with Gasteiger partial charge in [-0.15, -0.1) is 0 Å². The molecule has 0 amide bonds. The van der Waals surface area contributed by atoms with E-state index >= 15 is 0 Å². The first kappa shape index (κ1) is 15.6. The SMILES string of the molecule is COc1cc(-c2nc(SC)[nH]c(=O)c2C#N)ccc1C(=O)O. The van der Waals surface area contributed by atoms with Gasteiger partial charge in [0.2, 0.25) is 0 Å². The number of H-pyrrole nitrogens is 1. The van der Waals surface area contributed by atoms with E-state index in [4.69, 9.17) is 15.1 Å². The Labute approximate surface area is 129 Å². The summed E-state index contributed by atoms with van der Waals surface area (Å²) in [6.45, 7) is 0. The highest BCUT2D eigenvalue weighted by Crippen LogP contribution is 2.28. The number of aromatic nitrogens is 2. The smallest absolute Gasteiger partial charge is 0.339 e. The molecule has 0 unspecified atom stereocenters. The molecule has 22 heavy (non-hydrogen) atoms. The minimum Gasteiger partial charge on any atom is -0.496 e. The molecule has 1 aromatic carbocycles. The molecule has 0 fully saturated rings. The van der Waals surface area contributed by atoms with E-state index in [9.17, 15) is 9.59 Å². The zero-order chi connectivity index (χ0) is 16.3. The molecule has 0 spiro atoms. The second kappa shape index (κ2) is 6.32. The van der Waals surface area contributed by atoms with Gasteiger partial charge in [0.25, 0.3) is 5.56 Å². The van der Waals surface area contributed by atoms with Gasteiger partial charge in [0.1, 0.15) is 22.9 Å². The fraction of sp³-hybridized carbons (Fsp3) is 0.143. The summed E-state index contributed by atoms with van der Waals surface area (Å²) in [6, 6.07) is 6.09. The molecule has 2 N–H and O–H groups in total. The van der Waals surface area contributed by atoms with E-state index in [1.807, 2.05) is 6.07 Å². The Morgan fingerprint density at radius 3 is 2.77 bits per heavy atom. The second-order valence-corrected chi connectivity index (χ2v) is 4.93. The van der Waals surface area contributed by atoms with E-state index in [1.165, 1.54) is 37.1 Å². The quantitative estimate of drug-likeness (QED) is 0.651. The van der Waals surface area contributed by atoms with Crippen LogP contribution in [0.1, 0.15) is 15.9 Å². The highest BCUT2D eigenvalue weighted by molar-refractivity contribution is 7.98. The predicted molar refractivity (Wildman–Crippen MR) is 80.3 cm³/mol. The molecule has 2 aromatic rings. The van der Waals surface area contributed by atoms with E-state index in [2.05, 4.69) is 9.97 Å². The van der Waals surface area contributed by atoms with Gasteiger partial charge in [0.05, 0.1) is 12.8 Å². The number of methoxy groups -OCH3 is 1. The Morgan fingerprint density at radius 1 is 1.50 bits per heavy atom. The number of carboxylic acid groups (broad SMARTS) is 1. The molecule has 0 aliphatic rings. The Balaban J connectivity index is 2.72. The Bertz CT molecular complexity index is 839. The van der Waals surface area contributed by atoms with E-state index < -0.39 is 11.5 Å². The Kier molecular flexibility index (Phi) is 4.48. The molecule has 8 heteroatoms. The third-order valence-corrected chi connectivity index (χ3v) is 3.49. The zero-order valence-electron chi connectivity index (χ0n) is 11.7. The summed E-state index contributed by atoms with van der Waals surface area (Å²) in [5.74, 6) is -1.01. The van der Waals surface area contributed by atoms with Gasteiger partial charge in [0, 0.05) is 5.56 Å². The third-order valence-electron chi connectivity index (χ3n) is 2.91. The molecule has 1 heterocycles. The largest absolute Gasteiger partial charge is 0.496 e. The lowest BCUT2D eigenvalue weighted by atomic mass is 10.0. The number of thioether (sulfide) groups is 1. The van der Waals surface area contributed by atoms with Gasteiger partial charge in [-0.1, -0.05) is 17.8 Å². The van der Waals surface area contributed by atoms with Crippen LogP contribution < -0.4 is 10.3 Å². The van der Waals surface area contributed by atoms with Crippen molar-refractivity contribution in [1.82, 2.24) is 9.97 Å². The van der Waals surface area contributed by atoms with Crippen molar-refractivity contribution >= 4 is 17.7 Å². The number of benzene rings is 1. The van der Waals surface area contributed by atoms with Crippen molar-refractivity contribution in [2.75, 3.05) is 13.4 Å². The minimum absolute atomic E-state index is 0.0142. The number of aromatic amines is 1. The fourth-order valence-electron chi connectivity index (χ4n) is 1.88. The number of hydrogen-bond donors (Lipinski definition) is 2. The van der Waals surface area contributed by atoms with Crippen molar-refractivity contribution in [1.29, 1.82) is 5.26 Å². The molecule has 2 rings (SSSR count). The van der Waals surface area contributed by atoms with Crippen LogP contribution in [0, 0.1) is 11.3 Å². The summed E-state index contributed by atoms with van der Waals surface area (Å²) in [4.78, 5) is 29.7. The molecule has 0 saturated heterocycles. The molecule has 1 aromatic heterocycles. The van der Waals surface area contributed by atoms with Crippen LogP contribution in [0.15, 0.2) is 28.2 Å². The topological polar surface area (TPSA) is 116 Å². The van der Waals surface area contributed by atoms with Crippen LogP contribution in [0.5, 0.6) is 5.75 Å². The summed E-state index contributed by atoms with van der Waals surface area (Å²) >= 11 is 1.23. The summed E-state index contributed by atoms with van der Waals surface area (Å²) < 4.78 is 5.05. The van der Waals surface area contributed by atoms with Crippen LogP contribution in [0.2, 0.25) is 0 Å². The number of nitriles is 1. The maximum Gasteiger partial charge on any atom is 0.339 e. The molecule has 0 atom stereocenters. The average Bonchev–Trinajstić information content (AvgIpc) is 2.53. The predicted octanol–water partition coefficient (Wildman–Crippen LogP) is 1.74. The van der Waals surface area contributed by atoms with Gasteiger partial charge < -0.3 is 14.8 Å². The highest BCUT2D eigenvalue weighted by Gasteiger charge is 2.17. The molecule has 0 bridgehead atoms. The highest BCUT2D eigenvalue weighted by atomic mass is 32.2. The molecule has 0 radical (unpaired) electrons. The summed E-state index contributed by atoms with van der Waals surface area (Å²) in [5.41, 5.74) is -0.0774. The van der Waals surface area contributed by atoms with Gasteiger partial charge in [-0.25, -0.2) is 9.78 Å². The number of ether oxygens (including phenoxy) is 1. The van der Waals surface area contributed by atoms with Crippen molar-refractivity contribution in [3.05, 3.63) is 39.7 Å². The third kappa shape index (κ3) is 2.80. The van der Waals surface area contributed by atoms with Crippen molar-refractivity contribution in [2.24, 2.45) is 0 Å². The first-order chi connectivity index (χ1) is 10.5. The van der Waals surface area contributed by atoms with Crippen LogP contribution in [0.4, 0.5) is 0 Å². The van der Waals surface area contributed by atoms with Crippen molar-refractivity contribution in [2.45, 2.75) is 5.16 Å². The van der Waals surface area contributed by atoms with Gasteiger partial charge >= 0.3 is 5.97 Å².